The molecule has 0 spiro atoms. The molecular weight excluding hydrogens is 292 g/mol. The van der Waals surface area contributed by atoms with Gasteiger partial charge in [0.1, 0.15) is 0 Å². The Hall–Kier alpha value is -2.89. The zero-order chi connectivity index (χ0) is 16.2. The van der Waals surface area contributed by atoms with Crippen molar-refractivity contribution in [2.75, 3.05) is 14.2 Å². The summed E-state index contributed by atoms with van der Waals surface area (Å²) in [5, 5.41) is 10.7. The number of aromatic amines is 1. The number of aromatic nitrogens is 3. The maximum atomic E-state index is 11.9. The van der Waals surface area contributed by atoms with Gasteiger partial charge < -0.3 is 10.1 Å². The molecule has 0 radical (unpaired) electrons. The Morgan fingerprint density at radius 3 is 2.91 bits per heavy atom. The van der Waals surface area contributed by atoms with Gasteiger partial charge in [-0.2, -0.15) is 0 Å². The highest BCUT2D eigenvalue weighted by atomic mass is 16.5. The molecular formula is C17H18N4O2. The van der Waals surface area contributed by atoms with E-state index in [0.29, 0.717) is 12.3 Å². The number of methoxy groups -OCH3 is 1. The molecule has 2 N–H and O–H groups in total. The number of benzene rings is 1. The van der Waals surface area contributed by atoms with Crippen molar-refractivity contribution >= 4 is 16.8 Å². The standard InChI is InChI=1S/C17H18N4O2/c1-18-16(22)9-14(12-4-3-7-19-10-12)11-5-6-13-15(8-11)20-21-17(13)23-2/h3-8,10,14H,9H2,1-2H3,(H,18,22)(H,20,21). The fourth-order valence-corrected chi connectivity index (χ4v) is 2.68. The van der Waals surface area contributed by atoms with Gasteiger partial charge in [0.25, 0.3) is 0 Å². The first-order valence-electron chi connectivity index (χ1n) is 7.35. The molecule has 1 atom stereocenters. The van der Waals surface area contributed by atoms with Crippen LogP contribution in [0.5, 0.6) is 5.88 Å². The SMILES string of the molecule is CNC(=O)CC(c1cccnc1)c1ccc2c(OC)n[nH]c2c1. The number of carbonyl (C=O) groups is 1. The molecule has 2 aromatic heterocycles. The van der Waals surface area contributed by atoms with Gasteiger partial charge in [-0.1, -0.05) is 12.1 Å². The van der Waals surface area contributed by atoms with Crippen LogP contribution in [0.25, 0.3) is 10.9 Å². The fraction of sp³-hybridized carbons (Fsp3) is 0.235. The zero-order valence-corrected chi connectivity index (χ0v) is 13.0. The van der Waals surface area contributed by atoms with Crippen LogP contribution in [0.2, 0.25) is 0 Å². The first kappa shape index (κ1) is 15.0. The molecule has 6 heteroatoms. The summed E-state index contributed by atoms with van der Waals surface area (Å²) < 4.78 is 5.22. The van der Waals surface area contributed by atoms with Gasteiger partial charge in [-0.25, -0.2) is 0 Å². The minimum atomic E-state index is -0.0673. The van der Waals surface area contributed by atoms with Crippen LogP contribution < -0.4 is 10.1 Å². The molecule has 1 amide bonds. The summed E-state index contributed by atoms with van der Waals surface area (Å²) in [4.78, 5) is 16.1. The molecule has 0 aliphatic carbocycles. The largest absolute Gasteiger partial charge is 0.480 e. The highest BCUT2D eigenvalue weighted by molar-refractivity contribution is 5.85. The van der Waals surface area contributed by atoms with Crippen LogP contribution in [-0.2, 0) is 4.79 Å². The van der Waals surface area contributed by atoms with Crippen molar-refractivity contribution in [1.29, 1.82) is 0 Å². The van der Waals surface area contributed by atoms with Crippen molar-refractivity contribution in [3.8, 4) is 5.88 Å². The number of pyridine rings is 1. The molecule has 118 valence electrons. The van der Waals surface area contributed by atoms with E-state index in [0.717, 1.165) is 22.0 Å². The van der Waals surface area contributed by atoms with E-state index in [1.54, 1.807) is 26.6 Å². The summed E-state index contributed by atoms with van der Waals surface area (Å²) in [7, 11) is 3.24. The number of hydrogen-bond acceptors (Lipinski definition) is 4. The smallest absolute Gasteiger partial charge is 0.240 e. The van der Waals surface area contributed by atoms with Crippen LogP contribution in [0, 0.1) is 0 Å². The Labute approximate surface area is 133 Å². The molecule has 0 bridgehead atoms. The lowest BCUT2D eigenvalue weighted by Gasteiger charge is -2.17. The van der Waals surface area contributed by atoms with Gasteiger partial charge >= 0.3 is 0 Å². The molecule has 1 aromatic carbocycles. The summed E-state index contributed by atoms with van der Waals surface area (Å²) in [6, 6.07) is 9.83. The average Bonchev–Trinajstić information content (AvgIpc) is 3.02. The summed E-state index contributed by atoms with van der Waals surface area (Å²) in [6.07, 6.45) is 3.88. The molecule has 6 nitrogen and oxygen atoms in total. The third kappa shape index (κ3) is 3.01. The lowest BCUT2D eigenvalue weighted by molar-refractivity contribution is -0.120. The van der Waals surface area contributed by atoms with Gasteiger partial charge in [0.15, 0.2) is 0 Å². The molecule has 2 heterocycles. The minimum absolute atomic E-state index is 0.0128. The third-order valence-corrected chi connectivity index (χ3v) is 3.90. The van der Waals surface area contributed by atoms with E-state index in [1.807, 2.05) is 30.3 Å². The van der Waals surface area contributed by atoms with Crippen LogP contribution >= 0.6 is 0 Å². The van der Waals surface area contributed by atoms with Crippen molar-refractivity contribution in [3.05, 3.63) is 53.9 Å². The number of H-pyrrole nitrogens is 1. The monoisotopic (exact) mass is 310 g/mol. The first-order valence-corrected chi connectivity index (χ1v) is 7.35. The Balaban J connectivity index is 2.03. The van der Waals surface area contributed by atoms with Gasteiger partial charge in [-0.05, 0) is 29.3 Å². The van der Waals surface area contributed by atoms with Gasteiger partial charge in [-0.3, -0.25) is 14.9 Å². The number of carbonyl (C=O) groups excluding carboxylic acids is 1. The number of nitrogens with zero attached hydrogens (tertiary/aromatic N) is 2. The molecule has 3 rings (SSSR count). The van der Waals surface area contributed by atoms with E-state index in [9.17, 15) is 4.79 Å². The van der Waals surface area contributed by atoms with Crippen LogP contribution in [0.1, 0.15) is 23.5 Å². The van der Waals surface area contributed by atoms with Crippen molar-refractivity contribution in [2.45, 2.75) is 12.3 Å². The molecule has 23 heavy (non-hydrogen) atoms. The normalized spacial score (nSPS) is 12.1. The second-order valence-corrected chi connectivity index (χ2v) is 5.25. The fourth-order valence-electron chi connectivity index (χ4n) is 2.68. The van der Waals surface area contributed by atoms with Crippen molar-refractivity contribution in [1.82, 2.24) is 20.5 Å². The maximum absolute atomic E-state index is 11.9. The quantitative estimate of drug-likeness (QED) is 0.757. The Morgan fingerprint density at radius 2 is 2.22 bits per heavy atom. The van der Waals surface area contributed by atoms with Gasteiger partial charge in [0.05, 0.1) is 18.0 Å². The molecule has 0 aliphatic rings. The Kier molecular flexibility index (Phi) is 4.23. The van der Waals surface area contributed by atoms with Crippen LogP contribution in [0.4, 0.5) is 0 Å². The second kappa shape index (κ2) is 6.48. The van der Waals surface area contributed by atoms with E-state index >= 15 is 0 Å². The summed E-state index contributed by atoms with van der Waals surface area (Å²) in [5.41, 5.74) is 2.91. The van der Waals surface area contributed by atoms with Gasteiger partial charge in [-0.15, -0.1) is 5.10 Å². The van der Waals surface area contributed by atoms with Crippen LogP contribution in [0.3, 0.4) is 0 Å². The predicted octanol–water partition coefficient (Wildman–Crippen LogP) is 2.23. The lowest BCUT2D eigenvalue weighted by Crippen LogP contribution is -2.21. The van der Waals surface area contributed by atoms with Crippen molar-refractivity contribution in [3.63, 3.8) is 0 Å². The van der Waals surface area contributed by atoms with E-state index in [1.165, 1.54) is 0 Å². The summed E-state index contributed by atoms with van der Waals surface area (Å²) in [5.74, 6) is 0.485. The number of amides is 1. The molecule has 0 aliphatic heterocycles. The number of ether oxygens (including phenoxy) is 1. The number of nitrogens with one attached hydrogen (secondary N) is 2. The molecule has 0 saturated heterocycles. The second-order valence-electron chi connectivity index (χ2n) is 5.25. The topological polar surface area (TPSA) is 79.9 Å². The number of rotatable bonds is 5. The van der Waals surface area contributed by atoms with E-state index in [2.05, 4.69) is 20.5 Å². The Morgan fingerprint density at radius 1 is 1.35 bits per heavy atom. The number of fused-ring (bicyclic) bond motifs is 1. The van der Waals surface area contributed by atoms with E-state index in [4.69, 9.17) is 4.74 Å². The van der Waals surface area contributed by atoms with E-state index in [-0.39, 0.29) is 11.8 Å². The van der Waals surface area contributed by atoms with E-state index < -0.39 is 0 Å². The third-order valence-electron chi connectivity index (χ3n) is 3.90. The number of hydrogen-bond donors (Lipinski definition) is 2. The summed E-state index contributed by atoms with van der Waals surface area (Å²) >= 11 is 0. The minimum Gasteiger partial charge on any atom is -0.480 e. The van der Waals surface area contributed by atoms with Crippen LogP contribution in [-0.4, -0.2) is 35.2 Å². The highest BCUT2D eigenvalue weighted by Gasteiger charge is 2.19. The van der Waals surface area contributed by atoms with Gasteiger partial charge in [0, 0.05) is 31.8 Å². The first-order chi connectivity index (χ1) is 11.2. The highest BCUT2D eigenvalue weighted by Crippen LogP contribution is 2.31. The predicted molar refractivity (Wildman–Crippen MR) is 87.4 cm³/mol. The van der Waals surface area contributed by atoms with Crippen molar-refractivity contribution in [2.24, 2.45) is 0 Å². The molecule has 3 aromatic rings. The lowest BCUT2D eigenvalue weighted by atomic mass is 9.89. The Bertz CT molecular complexity index is 814. The maximum Gasteiger partial charge on any atom is 0.240 e. The van der Waals surface area contributed by atoms with Gasteiger partial charge in [0.2, 0.25) is 11.8 Å². The van der Waals surface area contributed by atoms with Crippen molar-refractivity contribution < 1.29 is 9.53 Å². The molecule has 0 fully saturated rings. The summed E-state index contributed by atoms with van der Waals surface area (Å²) in [6.45, 7) is 0. The molecule has 0 saturated carbocycles. The zero-order valence-electron chi connectivity index (χ0n) is 13.0. The average molecular weight is 310 g/mol. The van der Waals surface area contributed by atoms with Crippen LogP contribution in [0.15, 0.2) is 42.7 Å². The molecule has 1 unspecified atom stereocenters.